The molecule has 0 aliphatic rings. The molecule has 2 aromatic heterocycles. The molecule has 3 rings (SSSR count). The maximum absolute atomic E-state index is 12.2. The van der Waals surface area contributed by atoms with Crippen molar-refractivity contribution in [3.63, 3.8) is 0 Å². The second-order valence-electron chi connectivity index (χ2n) is 5.08. The predicted molar refractivity (Wildman–Crippen MR) is 92.5 cm³/mol. The van der Waals surface area contributed by atoms with Gasteiger partial charge in [0.15, 0.2) is 0 Å². The highest BCUT2D eigenvalue weighted by Gasteiger charge is 2.13. The van der Waals surface area contributed by atoms with Gasteiger partial charge in [-0.3, -0.25) is 9.78 Å². The largest absolute Gasteiger partial charge is 0.305 e. The summed E-state index contributed by atoms with van der Waals surface area (Å²) in [5.74, 6) is 0.167. The number of hydrogen-bond acceptors (Lipinski definition) is 4. The van der Waals surface area contributed by atoms with Crippen molar-refractivity contribution in [1.82, 2.24) is 19.7 Å². The molecule has 122 valence electrons. The van der Waals surface area contributed by atoms with E-state index in [9.17, 15) is 4.79 Å². The van der Waals surface area contributed by atoms with Crippen LogP contribution in [0.4, 0.5) is 5.82 Å². The molecule has 0 unspecified atom stereocenters. The summed E-state index contributed by atoms with van der Waals surface area (Å²) in [5, 5.41) is 7.91. The molecule has 0 saturated heterocycles. The second kappa shape index (κ2) is 6.98. The molecule has 24 heavy (non-hydrogen) atoms. The summed E-state index contributed by atoms with van der Waals surface area (Å²) in [7, 11) is 0. The zero-order valence-electron chi connectivity index (χ0n) is 12.7. The SMILES string of the molecule is Cc1cnc(C(=O)Nc2ccnn2Cc2cccc(Cl)c2Cl)cn1. The first-order valence-electron chi connectivity index (χ1n) is 7.09. The lowest BCUT2D eigenvalue weighted by Crippen LogP contribution is -2.17. The number of amides is 1. The number of aromatic nitrogens is 4. The summed E-state index contributed by atoms with van der Waals surface area (Å²) in [6, 6.07) is 7.08. The van der Waals surface area contributed by atoms with Crippen molar-refractivity contribution < 1.29 is 4.79 Å². The number of hydrogen-bond donors (Lipinski definition) is 1. The minimum Gasteiger partial charge on any atom is -0.305 e. The summed E-state index contributed by atoms with van der Waals surface area (Å²) in [4.78, 5) is 20.4. The van der Waals surface area contributed by atoms with Crippen molar-refractivity contribution in [3.05, 3.63) is 69.9 Å². The van der Waals surface area contributed by atoms with Crippen LogP contribution in [0.1, 0.15) is 21.7 Å². The molecule has 2 heterocycles. The first-order chi connectivity index (χ1) is 11.5. The van der Waals surface area contributed by atoms with Gasteiger partial charge in [-0.1, -0.05) is 35.3 Å². The van der Waals surface area contributed by atoms with Crippen LogP contribution in [0, 0.1) is 6.92 Å². The van der Waals surface area contributed by atoms with Gasteiger partial charge in [0.1, 0.15) is 11.5 Å². The molecule has 0 spiro atoms. The Balaban J connectivity index is 1.79. The van der Waals surface area contributed by atoms with Crippen LogP contribution in [-0.4, -0.2) is 25.7 Å². The Labute approximate surface area is 148 Å². The predicted octanol–water partition coefficient (Wildman–Crippen LogP) is 3.59. The Morgan fingerprint density at radius 2 is 2.04 bits per heavy atom. The van der Waals surface area contributed by atoms with Crippen molar-refractivity contribution in [1.29, 1.82) is 0 Å². The molecule has 0 fully saturated rings. The Bertz CT molecular complexity index is 876. The zero-order valence-corrected chi connectivity index (χ0v) is 14.2. The van der Waals surface area contributed by atoms with Crippen molar-refractivity contribution in [3.8, 4) is 0 Å². The monoisotopic (exact) mass is 361 g/mol. The number of anilines is 1. The molecule has 6 nitrogen and oxygen atoms in total. The van der Waals surface area contributed by atoms with Crippen LogP contribution in [0.3, 0.4) is 0 Å². The standard InChI is InChI=1S/C16H13Cl2N5O/c1-10-7-20-13(8-19-10)16(24)22-14-5-6-21-23(14)9-11-3-2-4-12(17)15(11)18/h2-8H,9H2,1H3,(H,22,24). The van der Waals surface area contributed by atoms with Crippen LogP contribution in [0.5, 0.6) is 0 Å². The molecule has 0 aliphatic carbocycles. The van der Waals surface area contributed by atoms with E-state index in [1.807, 2.05) is 12.1 Å². The van der Waals surface area contributed by atoms with Crippen LogP contribution >= 0.6 is 23.2 Å². The number of nitrogens with one attached hydrogen (secondary N) is 1. The Morgan fingerprint density at radius 3 is 2.79 bits per heavy atom. The first-order valence-corrected chi connectivity index (χ1v) is 7.85. The van der Waals surface area contributed by atoms with E-state index < -0.39 is 0 Å². The van der Waals surface area contributed by atoms with E-state index in [2.05, 4.69) is 20.4 Å². The fourth-order valence-electron chi connectivity index (χ4n) is 2.09. The quantitative estimate of drug-likeness (QED) is 0.770. The van der Waals surface area contributed by atoms with Gasteiger partial charge in [-0.15, -0.1) is 0 Å². The van der Waals surface area contributed by atoms with E-state index in [0.717, 1.165) is 11.3 Å². The molecule has 3 aromatic rings. The minimum absolute atomic E-state index is 0.231. The lowest BCUT2D eigenvalue weighted by molar-refractivity contribution is 0.102. The second-order valence-corrected chi connectivity index (χ2v) is 5.87. The summed E-state index contributed by atoms with van der Waals surface area (Å²) in [6.45, 7) is 2.18. The normalized spacial score (nSPS) is 10.6. The number of nitrogens with zero attached hydrogens (tertiary/aromatic N) is 4. The molecule has 0 saturated carbocycles. The van der Waals surface area contributed by atoms with Gasteiger partial charge in [0, 0.05) is 12.3 Å². The first kappa shape index (κ1) is 16.4. The molecule has 8 heteroatoms. The number of halogens is 2. The lowest BCUT2D eigenvalue weighted by Gasteiger charge is -2.10. The molecule has 0 aliphatic heterocycles. The average molecular weight is 362 g/mol. The molecular formula is C16H13Cl2N5O. The number of aryl methyl sites for hydroxylation is 1. The summed E-state index contributed by atoms with van der Waals surface area (Å²) in [5.41, 5.74) is 1.78. The third kappa shape index (κ3) is 3.55. The number of rotatable bonds is 4. The highest BCUT2D eigenvalue weighted by atomic mass is 35.5. The maximum Gasteiger partial charge on any atom is 0.277 e. The van der Waals surface area contributed by atoms with E-state index in [0.29, 0.717) is 22.4 Å². The van der Waals surface area contributed by atoms with Crippen LogP contribution in [0.25, 0.3) is 0 Å². The van der Waals surface area contributed by atoms with Crippen LogP contribution in [0.2, 0.25) is 10.0 Å². The van der Waals surface area contributed by atoms with Gasteiger partial charge in [-0.2, -0.15) is 5.10 Å². The van der Waals surface area contributed by atoms with Gasteiger partial charge in [0.25, 0.3) is 5.91 Å². The Kier molecular flexibility index (Phi) is 4.78. The smallest absolute Gasteiger partial charge is 0.277 e. The van der Waals surface area contributed by atoms with E-state index >= 15 is 0 Å². The Hall–Kier alpha value is -2.44. The van der Waals surface area contributed by atoms with E-state index in [1.165, 1.54) is 12.4 Å². The number of carbonyl (C=O) groups excluding carboxylic acids is 1. The molecule has 0 atom stereocenters. The molecule has 0 bridgehead atoms. The van der Waals surface area contributed by atoms with Crippen molar-refractivity contribution in [2.24, 2.45) is 0 Å². The van der Waals surface area contributed by atoms with Gasteiger partial charge in [0.2, 0.25) is 0 Å². The molecular weight excluding hydrogens is 349 g/mol. The highest BCUT2D eigenvalue weighted by Crippen LogP contribution is 2.26. The number of carbonyl (C=O) groups is 1. The van der Waals surface area contributed by atoms with Crippen LogP contribution in [-0.2, 0) is 6.54 Å². The molecule has 1 aromatic carbocycles. The van der Waals surface area contributed by atoms with Crippen LogP contribution < -0.4 is 5.32 Å². The van der Waals surface area contributed by atoms with Gasteiger partial charge in [-0.25, -0.2) is 9.67 Å². The summed E-state index contributed by atoms with van der Waals surface area (Å²) >= 11 is 12.2. The molecule has 1 amide bonds. The summed E-state index contributed by atoms with van der Waals surface area (Å²) < 4.78 is 1.62. The third-order valence-corrected chi connectivity index (χ3v) is 4.18. The third-order valence-electron chi connectivity index (χ3n) is 3.32. The molecule has 1 N–H and O–H groups in total. The minimum atomic E-state index is -0.360. The van der Waals surface area contributed by atoms with E-state index in [1.54, 1.807) is 29.9 Å². The van der Waals surface area contributed by atoms with Crippen molar-refractivity contribution in [2.75, 3.05) is 5.32 Å². The highest BCUT2D eigenvalue weighted by molar-refractivity contribution is 6.42. The van der Waals surface area contributed by atoms with E-state index in [4.69, 9.17) is 23.2 Å². The van der Waals surface area contributed by atoms with Gasteiger partial charge >= 0.3 is 0 Å². The van der Waals surface area contributed by atoms with Crippen molar-refractivity contribution >= 4 is 34.9 Å². The topological polar surface area (TPSA) is 72.7 Å². The lowest BCUT2D eigenvalue weighted by atomic mass is 10.2. The Morgan fingerprint density at radius 1 is 1.21 bits per heavy atom. The van der Waals surface area contributed by atoms with Gasteiger partial charge in [-0.05, 0) is 18.6 Å². The van der Waals surface area contributed by atoms with E-state index in [-0.39, 0.29) is 11.6 Å². The average Bonchev–Trinajstić information content (AvgIpc) is 2.99. The summed E-state index contributed by atoms with van der Waals surface area (Å²) in [6.07, 6.45) is 4.56. The maximum atomic E-state index is 12.2. The van der Waals surface area contributed by atoms with Gasteiger partial charge < -0.3 is 5.32 Å². The van der Waals surface area contributed by atoms with Gasteiger partial charge in [0.05, 0.1) is 34.7 Å². The number of benzene rings is 1. The van der Waals surface area contributed by atoms with Crippen molar-refractivity contribution in [2.45, 2.75) is 13.5 Å². The zero-order chi connectivity index (χ0) is 17.1. The molecule has 0 radical (unpaired) electrons. The fraction of sp³-hybridized carbons (Fsp3) is 0.125. The fourth-order valence-corrected chi connectivity index (χ4v) is 2.47. The van der Waals surface area contributed by atoms with Crippen LogP contribution in [0.15, 0.2) is 42.9 Å².